The second-order valence-electron chi connectivity index (χ2n) is 26.9. The molecule has 604 valence electrons. The van der Waals surface area contributed by atoms with Crippen molar-refractivity contribution in [2.75, 3.05) is 71.8 Å². The number of fused-ring (bicyclic) bond motifs is 1. The van der Waals surface area contributed by atoms with E-state index in [0.717, 1.165) is 0 Å². The fourth-order valence-electron chi connectivity index (χ4n) is 13.7. The van der Waals surface area contributed by atoms with Crippen molar-refractivity contribution in [3.05, 3.63) is 66.2 Å². The van der Waals surface area contributed by atoms with Gasteiger partial charge < -0.3 is 173 Å². The van der Waals surface area contributed by atoms with Crippen LogP contribution in [0.4, 0.5) is 5.69 Å². The molecule has 0 radical (unpaired) electrons. The maximum atomic E-state index is 13.9. The average molecular weight is 1580 g/mol. The lowest BCUT2D eigenvalue weighted by Gasteiger charge is -2.50. The minimum atomic E-state index is -4.79. The number of nitrogens with zero attached hydrogens (tertiary/aromatic N) is 1. The molecule has 44 heteroatoms. The van der Waals surface area contributed by atoms with Crippen LogP contribution in [-0.2, 0) is 100 Å². The summed E-state index contributed by atoms with van der Waals surface area (Å²) in [6.07, 6.45) is -76.4. The summed E-state index contributed by atoms with van der Waals surface area (Å²) in [5.74, 6) is -1.34. The molecule has 14 bridgehead atoms. The molecule has 3 aromatic carbocycles. The predicted octanol–water partition coefficient (Wildman–Crippen LogP) is -11.8. The third-order valence-electron chi connectivity index (χ3n) is 19.6. The number of ether oxygens (including phenoxy) is 15. The van der Waals surface area contributed by atoms with Crippen LogP contribution in [0.1, 0.15) is 5.56 Å². The molecule has 42 nitrogen and oxygen atoms in total. The van der Waals surface area contributed by atoms with Crippen molar-refractivity contribution in [1.29, 1.82) is 0 Å². The highest BCUT2D eigenvalue weighted by atomic mass is 32.2. The zero-order chi connectivity index (χ0) is 77.6. The van der Waals surface area contributed by atoms with E-state index in [9.17, 15) is 119 Å². The molecule has 21 heterocycles. The number of anilines is 1. The lowest BCUT2D eigenvalue weighted by molar-refractivity contribution is -0.396. The van der Waals surface area contributed by atoms with Gasteiger partial charge in [-0.1, -0.05) is 42.0 Å². The lowest BCUT2D eigenvalue weighted by atomic mass is 9.95. The largest absolute Gasteiger partial charge is 0.462 e. The van der Waals surface area contributed by atoms with Crippen LogP contribution in [0.15, 0.2) is 70.5 Å². The van der Waals surface area contributed by atoms with Gasteiger partial charge in [-0.25, -0.2) is 8.42 Å². The van der Waals surface area contributed by atoms with Gasteiger partial charge in [-0.3, -0.25) is 8.98 Å². The molecule has 21 aliphatic rings. The maximum absolute atomic E-state index is 13.9. The van der Waals surface area contributed by atoms with Gasteiger partial charge in [0.1, 0.15) is 184 Å². The van der Waals surface area contributed by atoms with Gasteiger partial charge in [-0.2, -0.15) is 13.1 Å². The van der Waals surface area contributed by atoms with Crippen LogP contribution >= 0.6 is 0 Å². The number of aliphatic hydroxyl groups is 19. The molecule has 0 amide bonds. The Kier molecular flexibility index (Phi) is 27.3. The van der Waals surface area contributed by atoms with Gasteiger partial charge in [0.25, 0.3) is 10.1 Å². The number of benzene rings is 3. The minimum Gasteiger partial charge on any atom is -0.462 e. The Bertz CT molecular complexity index is 3650. The SMILES string of the molecule is Cc1ccc(S(=O)(=O)OC[C@H]2O[C@@H]3O[C@H]4[C@H](O)[C@@H](O)[C@@H](O[C@H]5[C@H](O)[C@@H](O)[C@@H](O[C@H]6[C@H](O)[C@@H](O)[C@@H](O[C@H]7[C@H](O)[C@@H](O)[C@@H](O[C@H]8[C@H](O)[C@@H](O)[C@@H](O[C@H]9[C@H](O)[C@@H](O)[C@@H](O[C@H]2[C@H](O)[C@H]3O)O[C@@H]9CO)O[C@@H]8COC(=O)CNS(=O)(=O)c2cccc3c(N(C)C)cccc23)O[C@@H]7CO)O[C@@H]6CO)O[C@@H]5CO)O[C@@H]4CO)cc1. The van der Waals surface area contributed by atoms with Crippen molar-refractivity contribution in [2.45, 2.75) is 232 Å². The molecular weight excluding hydrogens is 1490 g/mol. The van der Waals surface area contributed by atoms with E-state index in [2.05, 4.69) is 4.72 Å². The Labute approximate surface area is 608 Å². The molecule has 107 heavy (non-hydrogen) atoms. The van der Waals surface area contributed by atoms with Crippen LogP contribution in [0, 0.1) is 6.92 Å². The first-order valence-electron chi connectivity index (χ1n) is 33.8. The topological polar surface area (TPSA) is 633 Å². The number of hydrogen-bond donors (Lipinski definition) is 20. The van der Waals surface area contributed by atoms with Gasteiger partial charge in [-0.15, -0.1) is 0 Å². The molecule has 35 atom stereocenters. The van der Waals surface area contributed by atoms with E-state index >= 15 is 0 Å². The molecule has 20 N–H and O–H groups in total. The smallest absolute Gasteiger partial charge is 0.321 e. The van der Waals surface area contributed by atoms with E-state index in [0.29, 0.717) is 16.6 Å². The lowest BCUT2D eigenvalue weighted by Crippen LogP contribution is -2.68. The fourth-order valence-corrected chi connectivity index (χ4v) is 15.8. The van der Waals surface area contributed by atoms with Gasteiger partial charge >= 0.3 is 5.97 Å². The summed E-state index contributed by atoms with van der Waals surface area (Å²) in [5, 5.41) is 218. The van der Waals surface area contributed by atoms with Crippen molar-refractivity contribution >= 4 is 42.6 Å². The van der Waals surface area contributed by atoms with E-state index in [1.54, 1.807) is 44.1 Å². The third kappa shape index (κ3) is 17.4. The zero-order valence-electron chi connectivity index (χ0n) is 57.0. The quantitative estimate of drug-likeness (QED) is 0.0468. The highest BCUT2D eigenvalue weighted by Gasteiger charge is 2.60. The summed E-state index contributed by atoms with van der Waals surface area (Å²) in [4.78, 5) is 14.8. The number of aryl methyl sites for hydroxylation is 1. The molecule has 21 aliphatic heterocycles. The van der Waals surface area contributed by atoms with E-state index in [4.69, 9.17) is 75.2 Å². The molecule has 0 saturated carbocycles. The van der Waals surface area contributed by atoms with Crippen LogP contribution in [0.25, 0.3) is 10.8 Å². The van der Waals surface area contributed by atoms with Gasteiger partial charge in [0.2, 0.25) is 10.0 Å². The second kappa shape index (κ2) is 35.0. The molecule has 0 unspecified atom stereocenters. The van der Waals surface area contributed by atoms with Gasteiger partial charge in [0.15, 0.2) is 44.0 Å². The molecule has 0 spiro atoms. The number of carbonyl (C=O) groups is 1. The Morgan fingerprint density at radius 2 is 0.673 bits per heavy atom. The molecule has 21 saturated heterocycles. The van der Waals surface area contributed by atoms with Gasteiger partial charge in [0.05, 0.1) is 49.4 Å². The van der Waals surface area contributed by atoms with Gasteiger partial charge in [0, 0.05) is 30.6 Å². The molecule has 3 aromatic rings. The van der Waals surface area contributed by atoms with E-state index in [1.807, 2.05) is 0 Å². The van der Waals surface area contributed by atoms with Crippen LogP contribution in [0.5, 0.6) is 0 Å². The first kappa shape index (κ1) is 83.6. The highest BCUT2D eigenvalue weighted by molar-refractivity contribution is 7.89. The summed E-state index contributed by atoms with van der Waals surface area (Å²) in [7, 11) is -5.85. The molecular formula is C63H90N2O40S2. The van der Waals surface area contributed by atoms with Crippen LogP contribution in [0.2, 0.25) is 0 Å². The average Bonchev–Trinajstić information content (AvgIpc) is 0.797. The van der Waals surface area contributed by atoms with Crippen molar-refractivity contribution in [2.24, 2.45) is 0 Å². The van der Waals surface area contributed by atoms with E-state index in [-0.39, 0.29) is 10.3 Å². The normalized spacial score (nSPS) is 43.4. The molecule has 0 aromatic heterocycles. The first-order valence-corrected chi connectivity index (χ1v) is 36.7. The number of esters is 1. The van der Waals surface area contributed by atoms with Crippen molar-refractivity contribution in [1.82, 2.24) is 4.72 Å². The van der Waals surface area contributed by atoms with E-state index in [1.165, 1.54) is 42.5 Å². The summed E-state index contributed by atoms with van der Waals surface area (Å²) in [5.41, 5.74) is 1.28. The first-order chi connectivity index (χ1) is 50.8. The van der Waals surface area contributed by atoms with Crippen molar-refractivity contribution in [3.63, 3.8) is 0 Å². The second-order valence-corrected chi connectivity index (χ2v) is 30.2. The Morgan fingerprint density at radius 1 is 0.383 bits per heavy atom. The summed E-state index contributed by atoms with van der Waals surface area (Å²) < 4.78 is 150. The third-order valence-corrected chi connectivity index (χ3v) is 22.3. The number of carbonyl (C=O) groups excluding carboxylic acids is 1. The summed E-state index contributed by atoms with van der Waals surface area (Å²) >= 11 is 0. The minimum absolute atomic E-state index is 0.242. The van der Waals surface area contributed by atoms with Crippen LogP contribution in [0.3, 0.4) is 0 Å². The molecule has 0 aliphatic carbocycles. The number of rotatable bonds is 16. The number of nitrogens with one attached hydrogen (secondary N) is 1. The standard InChI is InChI=1S/C63H90N2O40S2/c1-22-10-12-23(13-11-22)107(88,89)91-21-33-56-42(78)49(85)63(98-33)103-54-30(18-69)94-59(45(81)38(54)74)100-51-28(16-67)92-57(43(79)36(51)72)99-50-27(15-66)93-58(44(80)37(50)73)101-52-29(17-68)95-60(46(82)39(52)75)104-55-32(97-62(48(84)41(55)77)102-53-31(19-70)96-61(105-56)47(83)40(53)76)20-90-35(71)14-64-106(86,87)34-9-5-6-24-25(34)7-4-8-26(24)65(2)3/h4-13,27-33,36-64,66-70,72-85H,14-21H2,1-3H3/t27-,28-,29-,30-,31-,32-,33-,36-,37-,38-,39-,40-,41-,42-,43-,44-,45-,46-,47-,48-,49-,50-,51-,52-,53-,54-,55-,56-,57-,58-,59-,60-,61-,62-,63-/m1/s1. The van der Waals surface area contributed by atoms with Crippen LogP contribution < -0.4 is 9.62 Å². The molecule has 21 fully saturated rings. The number of sulfonamides is 1. The maximum Gasteiger partial charge on any atom is 0.321 e. The van der Waals surface area contributed by atoms with Crippen LogP contribution in [-0.4, -0.2) is 402 Å². The van der Waals surface area contributed by atoms with E-state index < -0.39 is 299 Å². The Morgan fingerprint density at radius 3 is 0.991 bits per heavy atom. The number of aliphatic hydroxyl groups excluding tert-OH is 19. The predicted molar refractivity (Wildman–Crippen MR) is 343 cm³/mol. The summed E-state index contributed by atoms with van der Waals surface area (Å²) in [6, 6.07) is 14.5. The zero-order valence-corrected chi connectivity index (χ0v) is 58.6. The Balaban J connectivity index is 0.903. The summed E-state index contributed by atoms with van der Waals surface area (Å²) in [6.45, 7) is -7.51. The number of hydrogen-bond acceptors (Lipinski definition) is 41. The van der Waals surface area contributed by atoms with Crippen molar-refractivity contribution < 1.29 is 194 Å². The van der Waals surface area contributed by atoms with Crippen molar-refractivity contribution in [3.8, 4) is 0 Å². The fraction of sp³-hybridized carbons (Fsp3) is 0.730. The van der Waals surface area contributed by atoms with Gasteiger partial charge in [-0.05, 0) is 31.2 Å². The highest BCUT2D eigenvalue weighted by Crippen LogP contribution is 2.40. The molecule has 24 rings (SSSR count). The Hall–Kier alpha value is -4.31. The monoisotopic (exact) mass is 1580 g/mol.